The second kappa shape index (κ2) is 6.68. The highest BCUT2D eigenvalue weighted by Gasteiger charge is 2.28. The first-order valence-corrected chi connectivity index (χ1v) is 7.71. The number of benzene rings is 1. The Hall–Kier alpha value is -0.930. The van der Waals surface area contributed by atoms with Crippen LogP contribution in [0.25, 0.3) is 0 Å². The van der Waals surface area contributed by atoms with Crippen molar-refractivity contribution in [2.45, 2.75) is 51.6 Å². The summed E-state index contributed by atoms with van der Waals surface area (Å²) in [6, 6.07) is 5.81. The van der Waals surface area contributed by atoms with E-state index in [0.29, 0.717) is 12.6 Å². The summed E-state index contributed by atoms with van der Waals surface area (Å²) >= 11 is 0. The largest absolute Gasteiger partial charge is 0.329 e. The third-order valence-corrected chi connectivity index (χ3v) is 4.71. The van der Waals surface area contributed by atoms with E-state index in [1.807, 2.05) is 19.1 Å². The number of hydrogen-bond donors (Lipinski definition) is 1. The minimum absolute atomic E-state index is 0.0230. The highest BCUT2D eigenvalue weighted by Crippen LogP contribution is 2.32. The normalized spacial score (nSPS) is 24.9. The van der Waals surface area contributed by atoms with E-state index in [9.17, 15) is 4.39 Å². The summed E-state index contributed by atoms with van der Waals surface area (Å²) in [7, 11) is 2.10. The average molecular weight is 278 g/mol. The van der Waals surface area contributed by atoms with Gasteiger partial charge in [-0.2, -0.15) is 0 Å². The van der Waals surface area contributed by atoms with E-state index in [1.165, 1.54) is 25.7 Å². The van der Waals surface area contributed by atoms with Crippen LogP contribution in [0.5, 0.6) is 0 Å². The van der Waals surface area contributed by atoms with Crippen molar-refractivity contribution in [2.24, 2.45) is 11.7 Å². The molecule has 2 rings (SSSR count). The average Bonchev–Trinajstić information content (AvgIpc) is 2.43. The van der Waals surface area contributed by atoms with Crippen molar-refractivity contribution in [2.75, 3.05) is 13.6 Å². The predicted octanol–water partition coefficient (Wildman–Crippen LogP) is 3.64. The minimum atomic E-state index is -0.137. The summed E-state index contributed by atoms with van der Waals surface area (Å²) in [5.41, 5.74) is 7.79. The van der Waals surface area contributed by atoms with Gasteiger partial charge in [0.15, 0.2) is 0 Å². The molecule has 3 heteroatoms. The summed E-state index contributed by atoms with van der Waals surface area (Å²) in [6.07, 6.45) is 4.98. The van der Waals surface area contributed by atoms with Crippen LogP contribution in [0.2, 0.25) is 0 Å². The lowest BCUT2D eigenvalue weighted by Crippen LogP contribution is -2.41. The summed E-state index contributed by atoms with van der Waals surface area (Å²) in [5.74, 6) is 0.624. The molecule has 1 fully saturated rings. The summed E-state index contributed by atoms with van der Waals surface area (Å²) in [6.45, 7) is 4.77. The molecule has 1 saturated carbocycles. The maximum atomic E-state index is 14.1. The topological polar surface area (TPSA) is 29.3 Å². The Morgan fingerprint density at radius 1 is 1.40 bits per heavy atom. The van der Waals surface area contributed by atoms with Crippen LogP contribution in [0.15, 0.2) is 18.2 Å². The van der Waals surface area contributed by atoms with E-state index in [1.54, 1.807) is 6.07 Å². The number of aryl methyl sites for hydroxylation is 1. The van der Waals surface area contributed by atoms with Crippen LogP contribution in [0.1, 0.15) is 49.8 Å². The second-order valence-electron chi connectivity index (χ2n) is 6.37. The fraction of sp³-hybridized carbons (Fsp3) is 0.647. The summed E-state index contributed by atoms with van der Waals surface area (Å²) in [4.78, 5) is 2.30. The molecule has 2 nitrogen and oxygen atoms in total. The zero-order valence-electron chi connectivity index (χ0n) is 12.9. The van der Waals surface area contributed by atoms with Gasteiger partial charge in [-0.05, 0) is 38.8 Å². The van der Waals surface area contributed by atoms with Gasteiger partial charge in [0.1, 0.15) is 5.82 Å². The summed E-state index contributed by atoms with van der Waals surface area (Å²) in [5, 5.41) is 0. The maximum absolute atomic E-state index is 14.1. The van der Waals surface area contributed by atoms with Gasteiger partial charge in [0.2, 0.25) is 0 Å². The molecule has 3 atom stereocenters. The molecule has 0 aliphatic heterocycles. The molecular formula is C17H27FN2. The molecule has 3 unspecified atom stereocenters. The molecule has 0 heterocycles. The van der Waals surface area contributed by atoms with E-state index >= 15 is 0 Å². The molecule has 1 aromatic carbocycles. The quantitative estimate of drug-likeness (QED) is 0.911. The van der Waals surface area contributed by atoms with Crippen molar-refractivity contribution in [3.8, 4) is 0 Å². The Morgan fingerprint density at radius 3 is 2.80 bits per heavy atom. The smallest absolute Gasteiger partial charge is 0.128 e. The van der Waals surface area contributed by atoms with Crippen molar-refractivity contribution < 1.29 is 4.39 Å². The Bertz CT molecular complexity index is 447. The molecule has 0 spiro atoms. The van der Waals surface area contributed by atoms with Gasteiger partial charge in [0.25, 0.3) is 0 Å². The monoisotopic (exact) mass is 278 g/mol. The third-order valence-electron chi connectivity index (χ3n) is 4.71. The van der Waals surface area contributed by atoms with Gasteiger partial charge >= 0.3 is 0 Å². The lowest BCUT2D eigenvalue weighted by Gasteiger charge is -2.39. The van der Waals surface area contributed by atoms with E-state index in [-0.39, 0.29) is 11.9 Å². The fourth-order valence-electron chi connectivity index (χ4n) is 3.46. The maximum Gasteiger partial charge on any atom is 0.128 e. The first kappa shape index (κ1) is 15.5. The Kier molecular flexibility index (Phi) is 5.17. The van der Waals surface area contributed by atoms with E-state index in [4.69, 9.17) is 5.73 Å². The number of rotatable bonds is 4. The highest BCUT2D eigenvalue weighted by atomic mass is 19.1. The van der Waals surface area contributed by atoms with Gasteiger partial charge in [-0.15, -0.1) is 0 Å². The van der Waals surface area contributed by atoms with Crippen molar-refractivity contribution in [1.82, 2.24) is 4.90 Å². The Balaban J connectivity index is 2.20. The number of halogens is 1. The molecule has 0 radical (unpaired) electrons. The molecule has 0 bridgehead atoms. The first-order chi connectivity index (χ1) is 9.52. The predicted molar refractivity (Wildman–Crippen MR) is 82.1 cm³/mol. The van der Waals surface area contributed by atoms with Gasteiger partial charge < -0.3 is 5.73 Å². The number of likely N-dealkylation sites (N-methyl/N-ethyl adjacent to an activating group) is 1. The molecule has 1 aliphatic carbocycles. The fourth-order valence-corrected chi connectivity index (χ4v) is 3.46. The molecule has 112 valence electrons. The van der Waals surface area contributed by atoms with Crippen molar-refractivity contribution in [1.29, 1.82) is 0 Å². The minimum Gasteiger partial charge on any atom is -0.329 e. The third kappa shape index (κ3) is 3.39. The van der Waals surface area contributed by atoms with Crippen LogP contribution in [-0.4, -0.2) is 24.5 Å². The van der Waals surface area contributed by atoms with Gasteiger partial charge in [-0.1, -0.05) is 37.5 Å². The molecule has 1 aliphatic rings. The van der Waals surface area contributed by atoms with Crippen LogP contribution >= 0.6 is 0 Å². The highest BCUT2D eigenvalue weighted by molar-refractivity contribution is 5.27. The lowest BCUT2D eigenvalue weighted by atomic mass is 9.85. The van der Waals surface area contributed by atoms with Gasteiger partial charge in [-0.3, -0.25) is 4.90 Å². The zero-order chi connectivity index (χ0) is 14.7. The molecule has 1 aromatic rings. The van der Waals surface area contributed by atoms with Gasteiger partial charge in [0, 0.05) is 24.2 Å². The molecule has 20 heavy (non-hydrogen) atoms. The number of nitrogens with zero attached hydrogens (tertiary/aromatic N) is 1. The van der Waals surface area contributed by atoms with E-state index in [0.717, 1.165) is 17.0 Å². The lowest BCUT2D eigenvalue weighted by molar-refractivity contribution is 0.119. The van der Waals surface area contributed by atoms with Crippen molar-refractivity contribution in [3.63, 3.8) is 0 Å². The SMILES string of the molecule is Cc1ccc(F)c(C(CN)N(C)C2CCCC(C)C2)c1. The molecule has 0 amide bonds. The van der Waals surface area contributed by atoms with E-state index in [2.05, 4.69) is 18.9 Å². The van der Waals surface area contributed by atoms with Crippen molar-refractivity contribution in [3.05, 3.63) is 35.1 Å². The first-order valence-electron chi connectivity index (χ1n) is 7.71. The number of hydrogen-bond acceptors (Lipinski definition) is 2. The molecule has 0 saturated heterocycles. The number of nitrogens with two attached hydrogens (primary N) is 1. The zero-order valence-corrected chi connectivity index (χ0v) is 12.9. The van der Waals surface area contributed by atoms with Crippen LogP contribution in [0.4, 0.5) is 4.39 Å². The van der Waals surface area contributed by atoms with Gasteiger partial charge in [0.05, 0.1) is 0 Å². The molecular weight excluding hydrogens is 251 g/mol. The summed E-state index contributed by atoms with van der Waals surface area (Å²) < 4.78 is 14.1. The second-order valence-corrected chi connectivity index (χ2v) is 6.37. The van der Waals surface area contributed by atoms with Crippen LogP contribution in [0.3, 0.4) is 0 Å². The molecule has 0 aromatic heterocycles. The van der Waals surface area contributed by atoms with Crippen LogP contribution in [0, 0.1) is 18.7 Å². The standard InChI is InChI=1S/C17H27FN2/c1-12-5-4-6-14(9-12)20(3)17(11-19)15-10-13(2)7-8-16(15)18/h7-8,10,12,14,17H,4-6,9,11,19H2,1-3H3. The molecule has 2 N–H and O–H groups in total. The van der Waals surface area contributed by atoms with Crippen LogP contribution < -0.4 is 5.73 Å². The van der Waals surface area contributed by atoms with Crippen molar-refractivity contribution >= 4 is 0 Å². The Labute approximate surface area is 122 Å². The van der Waals surface area contributed by atoms with Crippen LogP contribution in [-0.2, 0) is 0 Å². The van der Waals surface area contributed by atoms with Gasteiger partial charge in [-0.25, -0.2) is 4.39 Å². The van der Waals surface area contributed by atoms with E-state index < -0.39 is 0 Å². The Morgan fingerprint density at radius 2 is 2.15 bits per heavy atom.